The molecule has 1 atom stereocenters. The van der Waals surface area contributed by atoms with Gasteiger partial charge in [-0.15, -0.1) is 0 Å². The Balaban J connectivity index is 2.93. The summed E-state index contributed by atoms with van der Waals surface area (Å²) >= 11 is 0. The van der Waals surface area contributed by atoms with Gasteiger partial charge in [-0.05, 0) is 55.5 Å². The molecule has 18 heavy (non-hydrogen) atoms. The fraction of sp³-hybridized carbons (Fsp3) is 0.375. The summed E-state index contributed by atoms with van der Waals surface area (Å²) in [7, 11) is 2.18. The van der Waals surface area contributed by atoms with E-state index in [0.717, 1.165) is 17.7 Å². The number of allylic oxidation sites excluding steroid dienone is 2. The van der Waals surface area contributed by atoms with Crippen molar-refractivity contribution in [3.05, 3.63) is 53.7 Å². The summed E-state index contributed by atoms with van der Waals surface area (Å²) in [5.41, 5.74) is 6.09. The van der Waals surface area contributed by atoms with E-state index < -0.39 is 0 Å². The van der Waals surface area contributed by atoms with Gasteiger partial charge in [-0.25, -0.2) is 0 Å². The van der Waals surface area contributed by atoms with Crippen molar-refractivity contribution in [3.8, 4) is 0 Å². The van der Waals surface area contributed by atoms with E-state index in [4.69, 9.17) is 0 Å². The molecule has 2 heteroatoms. The lowest BCUT2D eigenvalue weighted by molar-refractivity contribution is 0.717. The molecule has 0 saturated heterocycles. The van der Waals surface area contributed by atoms with Crippen LogP contribution in [0.3, 0.4) is 0 Å². The molecule has 1 rings (SSSR count). The topological polar surface area (TPSA) is 12.0 Å². The minimum atomic E-state index is 0.335. The molecule has 0 bridgehead atoms. The third-order valence-electron chi connectivity index (χ3n) is 3.18. The van der Waals surface area contributed by atoms with Crippen LogP contribution < -0.4 is 5.32 Å². The maximum Gasteiger partial charge on any atom is 0.137 e. The lowest BCUT2D eigenvalue weighted by atomic mass is 9.69. The van der Waals surface area contributed by atoms with Crippen LogP contribution in [0.1, 0.15) is 30.5 Å². The van der Waals surface area contributed by atoms with Crippen molar-refractivity contribution in [1.29, 1.82) is 0 Å². The molecule has 0 saturated carbocycles. The first-order chi connectivity index (χ1) is 8.45. The molecule has 1 nitrogen and oxygen atoms in total. The molecule has 0 aliphatic carbocycles. The molecule has 0 aromatic heterocycles. The highest BCUT2D eigenvalue weighted by molar-refractivity contribution is 6.35. The number of hydrogen-bond donors (Lipinski definition) is 1. The van der Waals surface area contributed by atoms with E-state index in [9.17, 15) is 0 Å². The van der Waals surface area contributed by atoms with Crippen molar-refractivity contribution in [1.82, 2.24) is 5.32 Å². The molecular formula is C16H23BN. The van der Waals surface area contributed by atoms with E-state index in [1.807, 2.05) is 6.92 Å². The van der Waals surface area contributed by atoms with Gasteiger partial charge in [-0.3, -0.25) is 0 Å². The van der Waals surface area contributed by atoms with Crippen LogP contribution in [-0.4, -0.2) is 13.2 Å². The Morgan fingerprint density at radius 3 is 2.50 bits per heavy atom. The number of rotatable bonds is 6. The average Bonchev–Trinajstić information content (AvgIpc) is 2.29. The first-order valence-corrected chi connectivity index (χ1v) is 6.41. The van der Waals surface area contributed by atoms with Gasteiger partial charge >= 0.3 is 0 Å². The summed E-state index contributed by atoms with van der Waals surface area (Å²) < 4.78 is 0. The standard InChI is InChI=1S/C16H23BN/c1-11(2)15-9-7-8-14(13(15)5)10-16(17-6)18-12(3)4/h7-9,16,18H,1,3,10H2,2,4-6H3. The second-order valence-electron chi connectivity index (χ2n) is 4.94. The third-order valence-corrected chi connectivity index (χ3v) is 3.18. The first-order valence-electron chi connectivity index (χ1n) is 6.41. The van der Waals surface area contributed by atoms with Gasteiger partial charge in [-0.2, -0.15) is 0 Å². The van der Waals surface area contributed by atoms with E-state index >= 15 is 0 Å². The van der Waals surface area contributed by atoms with Crippen molar-refractivity contribution in [2.45, 2.75) is 40.0 Å². The van der Waals surface area contributed by atoms with Gasteiger partial charge in [0, 0.05) is 0 Å². The smallest absolute Gasteiger partial charge is 0.137 e. The fourth-order valence-corrected chi connectivity index (χ4v) is 2.17. The molecule has 0 spiro atoms. The van der Waals surface area contributed by atoms with Gasteiger partial charge in [0.2, 0.25) is 0 Å². The van der Waals surface area contributed by atoms with Crippen molar-refractivity contribution in [3.63, 3.8) is 0 Å². The summed E-state index contributed by atoms with van der Waals surface area (Å²) in [6.07, 6.45) is 0.982. The second-order valence-corrected chi connectivity index (χ2v) is 4.94. The predicted octanol–water partition coefficient (Wildman–Crippen LogP) is 3.77. The highest BCUT2D eigenvalue weighted by Crippen LogP contribution is 2.21. The Morgan fingerprint density at radius 1 is 1.33 bits per heavy atom. The molecule has 0 aliphatic heterocycles. The molecular weight excluding hydrogens is 217 g/mol. The van der Waals surface area contributed by atoms with Crippen LogP contribution in [0.25, 0.3) is 5.57 Å². The zero-order chi connectivity index (χ0) is 13.7. The van der Waals surface area contributed by atoms with Crippen LogP contribution in [0.15, 0.2) is 37.1 Å². The van der Waals surface area contributed by atoms with Crippen LogP contribution in [0.2, 0.25) is 6.82 Å². The summed E-state index contributed by atoms with van der Waals surface area (Å²) in [5.74, 6) is 0.335. The van der Waals surface area contributed by atoms with Crippen molar-refractivity contribution < 1.29 is 0 Å². The van der Waals surface area contributed by atoms with Crippen LogP contribution in [-0.2, 0) is 6.42 Å². The van der Waals surface area contributed by atoms with Crippen molar-refractivity contribution in [2.24, 2.45) is 0 Å². The van der Waals surface area contributed by atoms with Crippen LogP contribution >= 0.6 is 0 Å². The zero-order valence-corrected chi connectivity index (χ0v) is 12.0. The number of hydrogen-bond acceptors (Lipinski definition) is 1. The highest BCUT2D eigenvalue weighted by Gasteiger charge is 2.11. The largest absolute Gasteiger partial charge is 0.394 e. The summed E-state index contributed by atoms with van der Waals surface area (Å²) in [6.45, 7) is 16.3. The summed E-state index contributed by atoms with van der Waals surface area (Å²) in [5, 5.41) is 3.38. The molecule has 0 amide bonds. The van der Waals surface area contributed by atoms with Gasteiger partial charge in [-0.1, -0.05) is 43.8 Å². The minimum absolute atomic E-state index is 0.335. The van der Waals surface area contributed by atoms with Crippen molar-refractivity contribution >= 4 is 12.9 Å². The van der Waals surface area contributed by atoms with E-state index in [0.29, 0.717) is 5.94 Å². The maximum atomic E-state index is 4.04. The molecule has 0 fully saturated rings. The minimum Gasteiger partial charge on any atom is -0.394 e. The molecule has 95 valence electrons. The van der Waals surface area contributed by atoms with Crippen LogP contribution in [0.5, 0.6) is 0 Å². The lowest BCUT2D eigenvalue weighted by Crippen LogP contribution is -2.34. The number of benzene rings is 1. The lowest BCUT2D eigenvalue weighted by Gasteiger charge is -2.20. The van der Waals surface area contributed by atoms with Crippen LogP contribution in [0, 0.1) is 6.92 Å². The average molecular weight is 240 g/mol. The fourth-order valence-electron chi connectivity index (χ4n) is 2.17. The highest BCUT2D eigenvalue weighted by atomic mass is 14.9. The van der Waals surface area contributed by atoms with E-state index in [2.05, 4.69) is 64.6 Å². The molecule has 1 N–H and O–H groups in total. The van der Waals surface area contributed by atoms with Gasteiger partial charge < -0.3 is 5.32 Å². The molecule has 1 aromatic carbocycles. The molecule has 1 radical (unpaired) electrons. The normalized spacial score (nSPS) is 11.8. The summed E-state index contributed by atoms with van der Waals surface area (Å²) in [6, 6.07) is 6.44. The Hall–Kier alpha value is -1.44. The van der Waals surface area contributed by atoms with Crippen molar-refractivity contribution in [2.75, 3.05) is 0 Å². The Labute approximate surface area is 112 Å². The Bertz CT molecular complexity index is 448. The van der Waals surface area contributed by atoms with E-state index in [1.165, 1.54) is 16.7 Å². The Kier molecular flexibility index (Phi) is 5.27. The predicted molar refractivity (Wildman–Crippen MR) is 82.9 cm³/mol. The van der Waals surface area contributed by atoms with E-state index in [-0.39, 0.29) is 0 Å². The van der Waals surface area contributed by atoms with Crippen LogP contribution in [0.4, 0.5) is 0 Å². The van der Waals surface area contributed by atoms with Gasteiger partial charge in [0.1, 0.15) is 7.28 Å². The monoisotopic (exact) mass is 240 g/mol. The maximum absolute atomic E-state index is 4.04. The molecule has 1 unspecified atom stereocenters. The SMILES string of the molecule is C=C(C)NC([B]C)Cc1cccc(C(=C)C)c1C. The second kappa shape index (κ2) is 6.48. The van der Waals surface area contributed by atoms with Gasteiger partial charge in [0.15, 0.2) is 0 Å². The van der Waals surface area contributed by atoms with Gasteiger partial charge in [0.05, 0.1) is 0 Å². The number of nitrogens with one attached hydrogen (secondary N) is 1. The molecule has 0 heterocycles. The van der Waals surface area contributed by atoms with Gasteiger partial charge in [0.25, 0.3) is 0 Å². The quantitative estimate of drug-likeness (QED) is 0.746. The summed E-state index contributed by atoms with van der Waals surface area (Å²) in [4.78, 5) is 0. The first kappa shape index (κ1) is 14.6. The Morgan fingerprint density at radius 2 is 2.00 bits per heavy atom. The molecule has 0 aliphatic rings. The third kappa shape index (κ3) is 3.80. The molecule has 1 aromatic rings. The van der Waals surface area contributed by atoms with E-state index in [1.54, 1.807) is 0 Å². The zero-order valence-electron chi connectivity index (χ0n) is 12.0.